The molecule has 0 amide bonds. The van der Waals surface area contributed by atoms with Crippen LogP contribution in [0.5, 0.6) is 0 Å². The molecule has 3 heteroatoms. The monoisotopic (exact) mass is 162 g/mol. The van der Waals surface area contributed by atoms with E-state index in [0.717, 1.165) is 11.7 Å². The Morgan fingerprint density at radius 1 is 1.60 bits per heavy atom. The highest BCUT2D eigenvalue weighted by Crippen LogP contribution is 2.12. The second-order valence-electron chi connectivity index (χ2n) is 2.16. The SMILES string of the molecule is CC.CC1CN(C)N=C1Cl. The Kier molecular flexibility index (Phi) is 4.45. The molecule has 0 N–H and O–H groups in total. The van der Waals surface area contributed by atoms with Crippen molar-refractivity contribution in [3.63, 3.8) is 0 Å². The summed E-state index contributed by atoms with van der Waals surface area (Å²) in [5.41, 5.74) is 0. The van der Waals surface area contributed by atoms with E-state index in [1.807, 2.05) is 25.9 Å². The minimum atomic E-state index is 0.432. The highest BCUT2D eigenvalue weighted by Gasteiger charge is 2.16. The lowest BCUT2D eigenvalue weighted by atomic mass is 10.2. The first-order valence-electron chi connectivity index (χ1n) is 3.65. The zero-order valence-electron chi connectivity index (χ0n) is 7.06. The van der Waals surface area contributed by atoms with Gasteiger partial charge in [-0.25, -0.2) is 0 Å². The van der Waals surface area contributed by atoms with Crippen LogP contribution in [0.4, 0.5) is 0 Å². The fourth-order valence-electron chi connectivity index (χ4n) is 0.774. The first kappa shape index (κ1) is 9.76. The van der Waals surface area contributed by atoms with Crippen LogP contribution < -0.4 is 0 Å². The quantitative estimate of drug-likeness (QED) is 0.533. The molecule has 1 heterocycles. The Morgan fingerprint density at radius 2 is 2.10 bits per heavy atom. The van der Waals surface area contributed by atoms with E-state index in [0.29, 0.717) is 5.92 Å². The van der Waals surface area contributed by atoms with Crippen molar-refractivity contribution in [2.75, 3.05) is 13.6 Å². The van der Waals surface area contributed by atoms with Crippen molar-refractivity contribution in [2.24, 2.45) is 11.0 Å². The van der Waals surface area contributed by atoms with E-state index < -0.39 is 0 Å². The zero-order chi connectivity index (χ0) is 8.15. The van der Waals surface area contributed by atoms with Crippen molar-refractivity contribution in [1.82, 2.24) is 5.01 Å². The molecule has 1 aliphatic heterocycles. The molecule has 0 aromatic rings. The number of hydrazone groups is 1. The fraction of sp³-hybridized carbons (Fsp3) is 0.857. The highest BCUT2D eigenvalue weighted by molar-refractivity contribution is 6.66. The minimum absolute atomic E-state index is 0.432. The van der Waals surface area contributed by atoms with Crippen LogP contribution in [-0.4, -0.2) is 23.8 Å². The van der Waals surface area contributed by atoms with Gasteiger partial charge in [-0.05, 0) is 0 Å². The Balaban J connectivity index is 0.000000371. The van der Waals surface area contributed by atoms with E-state index in [4.69, 9.17) is 11.6 Å². The first-order chi connectivity index (χ1) is 4.70. The average molecular weight is 163 g/mol. The molecule has 0 aromatic carbocycles. The number of rotatable bonds is 0. The summed E-state index contributed by atoms with van der Waals surface area (Å²) in [6.07, 6.45) is 0. The highest BCUT2D eigenvalue weighted by atomic mass is 35.5. The molecule has 0 spiro atoms. The predicted molar refractivity (Wildman–Crippen MR) is 46.4 cm³/mol. The summed E-state index contributed by atoms with van der Waals surface area (Å²) in [6.45, 7) is 7.02. The summed E-state index contributed by atoms with van der Waals surface area (Å²) in [6, 6.07) is 0. The smallest absolute Gasteiger partial charge is 0.130 e. The van der Waals surface area contributed by atoms with E-state index in [1.165, 1.54) is 0 Å². The van der Waals surface area contributed by atoms with Gasteiger partial charge >= 0.3 is 0 Å². The maximum absolute atomic E-state index is 5.67. The van der Waals surface area contributed by atoms with Crippen LogP contribution in [0.2, 0.25) is 0 Å². The lowest BCUT2D eigenvalue weighted by molar-refractivity contribution is 0.368. The third-order valence-electron chi connectivity index (χ3n) is 1.21. The zero-order valence-corrected chi connectivity index (χ0v) is 7.81. The third-order valence-corrected chi connectivity index (χ3v) is 1.66. The van der Waals surface area contributed by atoms with Gasteiger partial charge in [0.25, 0.3) is 0 Å². The molecule has 0 bridgehead atoms. The molecule has 0 saturated carbocycles. The lowest BCUT2D eigenvalue weighted by Gasteiger charge is -2.03. The largest absolute Gasteiger partial charge is 0.298 e. The van der Waals surface area contributed by atoms with Crippen molar-refractivity contribution in [3.8, 4) is 0 Å². The fourth-order valence-corrected chi connectivity index (χ4v) is 0.972. The summed E-state index contributed by atoms with van der Waals surface area (Å²) in [4.78, 5) is 0. The van der Waals surface area contributed by atoms with E-state index in [-0.39, 0.29) is 0 Å². The average Bonchev–Trinajstić information content (AvgIpc) is 2.16. The summed E-state index contributed by atoms with van der Waals surface area (Å²) < 4.78 is 0. The molecule has 10 heavy (non-hydrogen) atoms. The summed E-state index contributed by atoms with van der Waals surface area (Å²) in [7, 11) is 1.92. The normalized spacial score (nSPS) is 23.5. The second-order valence-corrected chi connectivity index (χ2v) is 2.55. The molecule has 0 aliphatic carbocycles. The molecule has 60 valence electrons. The van der Waals surface area contributed by atoms with Crippen molar-refractivity contribution in [1.29, 1.82) is 0 Å². The molecule has 0 aromatic heterocycles. The third kappa shape index (κ3) is 2.56. The van der Waals surface area contributed by atoms with Crippen molar-refractivity contribution in [3.05, 3.63) is 0 Å². The maximum Gasteiger partial charge on any atom is 0.130 e. The molecular weight excluding hydrogens is 148 g/mol. The van der Waals surface area contributed by atoms with Gasteiger partial charge in [0.2, 0.25) is 0 Å². The Morgan fingerprint density at radius 3 is 2.20 bits per heavy atom. The Labute approximate surface area is 67.9 Å². The summed E-state index contributed by atoms with van der Waals surface area (Å²) in [5.74, 6) is 0.432. The van der Waals surface area contributed by atoms with Gasteiger partial charge in [-0.2, -0.15) is 5.10 Å². The number of hydrogen-bond donors (Lipinski definition) is 0. The van der Waals surface area contributed by atoms with Gasteiger partial charge in [0, 0.05) is 19.5 Å². The molecular formula is C7H15ClN2. The van der Waals surface area contributed by atoms with Gasteiger partial charge in [0.05, 0.1) is 0 Å². The molecule has 0 radical (unpaired) electrons. The van der Waals surface area contributed by atoms with Crippen molar-refractivity contribution in [2.45, 2.75) is 20.8 Å². The number of hydrogen-bond acceptors (Lipinski definition) is 2. The molecule has 2 nitrogen and oxygen atoms in total. The molecule has 0 fully saturated rings. The van der Waals surface area contributed by atoms with Crippen LogP contribution in [0.25, 0.3) is 0 Å². The van der Waals surface area contributed by atoms with Gasteiger partial charge in [0.15, 0.2) is 0 Å². The van der Waals surface area contributed by atoms with E-state index in [1.54, 1.807) is 0 Å². The van der Waals surface area contributed by atoms with Gasteiger partial charge in [-0.1, -0.05) is 32.4 Å². The van der Waals surface area contributed by atoms with Gasteiger partial charge < -0.3 is 0 Å². The summed E-state index contributed by atoms with van der Waals surface area (Å²) in [5, 5.41) is 6.57. The van der Waals surface area contributed by atoms with Crippen LogP contribution in [0.3, 0.4) is 0 Å². The minimum Gasteiger partial charge on any atom is -0.298 e. The van der Waals surface area contributed by atoms with Crippen molar-refractivity contribution >= 4 is 16.8 Å². The van der Waals surface area contributed by atoms with Crippen molar-refractivity contribution < 1.29 is 0 Å². The van der Waals surface area contributed by atoms with Crippen LogP contribution >= 0.6 is 11.6 Å². The van der Waals surface area contributed by atoms with Gasteiger partial charge in [0.1, 0.15) is 5.17 Å². The molecule has 1 aliphatic rings. The van der Waals surface area contributed by atoms with Gasteiger partial charge in [-0.15, -0.1) is 0 Å². The van der Waals surface area contributed by atoms with Gasteiger partial charge in [-0.3, -0.25) is 5.01 Å². The standard InChI is InChI=1S/C5H9ClN2.C2H6/c1-4-3-8(2)7-5(4)6;1-2/h4H,3H2,1-2H3;1-2H3. The maximum atomic E-state index is 5.67. The molecule has 1 unspecified atom stereocenters. The van der Waals surface area contributed by atoms with E-state index in [9.17, 15) is 0 Å². The van der Waals surface area contributed by atoms with Crippen LogP contribution in [-0.2, 0) is 0 Å². The first-order valence-corrected chi connectivity index (χ1v) is 4.03. The molecule has 1 rings (SSSR count). The summed E-state index contributed by atoms with van der Waals surface area (Å²) >= 11 is 5.67. The topological polar surface area (TPSA) is 15.6 Å². The second kappa shape index (κ2) is 4.56. The predicted octanol–water partition coefficient (Wildman–Crippen LogP) is 2.15. The van der Waals surface area contributed by atoms with Crippen LogP contribution in [0.1, 0.15) is 20.8 Å². The lowest BCUT2D eigenvalue weighted by Crippen LogP contribution is -2.11. The van der Waals surface area contributed by atoms with E-state index >= 15 is 0 Å². The molecule has 0 saturated heterocycles. The Bertz CT molecular complexity index is 123. The molecule has 1 atom stereocenters. The van der Waals surface area contributed by atoms with Crippen LogP contribution in [0.15, 0.2) is 5.10 Å². The number of nitrogens with zero attached hydrogens (tertiary/aromatic N) is 2. The Hall–Kier alpha value is -0.240. The number of halogens is 1. The van der Waals surface area contributed by atoms with E-state index in [2.05, 4.69) is 12.0 Å². The van der Waals surface area contributed by atoms with Crippen LogP contribution in [0, 0.1) is 5.92 Å².